The molecule has 4 nitrogen and oxygen atoms in total. The Morgan fingerprint density at radius 1 is 1.24 bits per heavy atom. The summed E-state index contributed by atoms with van der Waals surface area (Å²) in [5, 5.41) is 11.0. The molecule has 0 spiro atoms. The Morgan fingerprint density at radius 3 is 2.90 bits per heavy atom. The second-order valence-corrected chi connectivity index (χ2v) is 5.12. The van der Waals surface area contributed by atoms with Crippen molar-refractivity contribution in [3.8, 4) is 5.75 Å². The van der Waals surface area contributed by atoms with Crippen molar-refractivity contribution in [2.45, 2.75) is 13.3 Å². The molecule has 1 aromatic carbocycles. The normalized spacial score (nSPS) is 11.7. The van der Waals surface area contributed by atoms with Crippen molar-refractivity contribution < 1.29 is 9.52 Å². The summed E-state index contributed by atoms with van der Waals surface area (Å²) in [7, 11) is 0. The van der Waals surface area contributed by atoms with Crippen LogP contribution in [0.2, 0.25) is 0 Å². The van der Waals surface area contributed by atoms with Crippen LogP contribution in [0.3, 0.4) is 0 Å². The number of benzene rings is 1. The summed E-state index contributed by atoms with van der Waals surface area (Å²) in [4.78, 5) is 12.8. The predicted molar refractivity (Wildman–Crippen MR) is 82.0 cm³/mol. The Morgan fingerprint density at radius 2 is 2.10 bits per heavy atom. The number of aromatic hydroxyl groups is 1. The molecule has 21 heavy (non-hydrogen) atoms. The first-order valence-corrected chi connectivity index (χ1v) is 6.87. The van der Waals surface area contributed by atoms with Gasteiger partial charge in [-0.1, -0.05) is 13.0 Å². The zero-order valence-electron chi connectivity index (χ0n) is 11.5. The van der Waals surface area contributed by atoms with E-state index in [1.165, 1.54) is 6.07 Å². The maximum absolute atomic E-state index is 12.8. The maximum Gasteiger partial charge on any atom is 0.202 e. The summed E-state index contributed by atoms with van der Waals surface area (Å²) in [6.45, 7) is 1.94. The fourth-order valence-electron chi connectivity index (χ4n) is 2.82. The molecule has 4 heteroatoms. The summed E-state index contributed by atoms with van der Waals surface area (Å²) in [5.41, 5.74) is 2.46. The van der Waals surface area contributed by atoms with E-state index in [9.17, 15) is 9.90 Å². The monoisotopic (exact) mass is 279 g/mol. The number of phenolic OH excluding ortho intramolecular Hbond substituents is 1. The molecule has 0 saturated carbocycles. The predicted octanol–water partition coefficient (Wildman–Crippen LogP) is 3.47. The molecule has 4 aromatic rings. The third-order valence-electron chi connectivity index (χ3n) is 3.90. The minimum Gasteiger partial charge on any atom is -0.508 e. The smallest absolute Gasteiger partial charge is 0.202 e. The van der Waals surface area contributed by atoms with Crippen LogP contribution in [0.1, 0.15) is 12.5 Å². The van der Waals surface area contributed by atoms with Crippen LogP contribution >= 0.6 is 0 Å². The number of hydrogen-bond donors (Lipinski definition) is 1. The molecule has 4 rings (SSSR count). The first-order chi connectivity index (χ1) is 10.2. The Kier molecular flexibility index (Phi) is 2.36. The molecule has 0 radical (unpaired) electrons. The van der Waals surface area contributed by atoms with Gasteiger partial charge in [-0.2, -0.15) is 0 Å². The number of nitrogens with zero attached hydrogens (tertiary/aromatic N) is 1. The SMILES string of the molecule is CCc1cc2c(=O)c3c(cn4ccccc34)oc2cc1O. The number of fused-ring (bicyclic) bond motifs is 4. The Bertz CT molecular complexity index is 1060. The first kappa shape index (κ1) is 12.0. The van der Waals surface area contributed by atoms with Gasteiger partial charge in [-0.3, -0.25) is 4.79 Å². The minimum atomic E-state index is -0.0605. The van der Waals surface area contributed by atoms with E-state index in [4.69, 9.17) is 4.42 Å². The molecule has 0 atom stereocenters. The lowest BCUT2D eigenvalue weighted by atomic mass is 10.1. The Hall–Kier alpha value is -2.75. The second-order valence-electron chi connectivity index (χ2n) is 5.12. The molecule has 3 aromatic heterocycles. The van der Waals surface area contributed by atoms with E-state index >= 15 is 0 Å². The number of rotatable bonds is 1. The van der Waals surface area contributed by atoms with Gasteiger partial charge in [0.15, 0.2) is 5.58 Å². The highest BCUT2D eigenvalue weighted by atomic mass is 16.3. The highest BCUT2D eigenvalue weighted by molar-refractivity contribution is 5.99. The van der Waals surface area contributed by atoms with Gasteiger partial charge in [0.25, 0.3) is 0 Å². The molecule has 0 bridgehead atoms. The van der Waals surface area contributed by atoms with E-state index in [-0.39, 0.29) is 11.2 Å². The summed E-state index contributed by atoms with van der Waals surface area (Å²) in [6, 6.07) is 8.94. The van der Waals surface area contributed by atoms with Gasteiger partial charge in [0.05, 0.1) is 22.5 Å². The molecule has 0 saturated heterocycles. The number of phenols is 1. The number of aryl methyl sites for hydroxylation is 1. The van der Waals surface area contributed by atoms with Gasteiger partial charge in [-0.25, -0.2) is 0 Å². The number of hydrogen-bond acceptors (Lipinski definition) is 3. The van der Waals surface area contributed by atoms with Crippen molar-refractivity contribution in [3.63, 3.8) is 0 Å². The van der Waals surface area contributed by atoms with Crippen LogP contribution in [0, 0.1) is 0 Å². The van der Waals surface area contributed by atoms with Crippen LogP contribution in [-0.4, -0.2) is 9.51 Å². The Labute approximate surface area is 119 Å². The van der Waals surface area contributed by atoms with Gasteiger partial charge in [0, 0.05) is 12.3 Å². The molecule has 0 fully saturated rings. The van der Waals surface area contributed by atoms with E-state index in [0.29, 0.717) is 28.4 Å². The maximum atomic E-state index is 12.8. The van der Waals surface area contributed by atoms with Gasteiger partial charge < -0.3 is 13.9 Å². The minimum absolute atomic E-state index is 0.0605. The zero-order chi connectivity index (χ0) is 14.6. The summed E-state index contributed by atoms with van der Waals surface area (Å²) in [6.07, 6.45) is 4.33. The molecular weight excluding hydrogens is 266 g/mol. The highest BCUT2D eigenvalue weighted by Crippen LogP contribution is 2.28. The van der Waals surface area contributed by atoms with Crippen LogP contribution in [0.15, 0.2) is 51.9 Å². The van der Waals surface area contributed by atoms with Crippen molar-refractivity contribution in [2.75, 3.05) is 0 Å². The molecule has 0 aliphatic carbocycles. The van der Waals surface area contributed by atoms with Crippen molar-refractivity contribution in [1.82, 2.24) is 4.40 Å². The third-order valence-corrected chi connectivity index (χ3v) is 3.90. The van der Waals surface area contributed by atoms with E-state index < -0.39 is 0 Å². The highest BCUT2D eigenvalue weighted by Gasteiger charge is 2.14. The second kappa shape index (κ2) is 4.12. The van der Waals surface area contributed by atoms with E-state index in [0.717, 1.165) is 11.1 Å². The summed E-state index contributed by atoms with van der Waals surface area (Å²) >= 11 is 0. The molecule has 0 aliphatic heterocycles. The van der Waals surface area contributed by atoms with Crippen LogP contribution in [0.25, 0.3) is 27.5 Å². The van der Waals surface area contributed by atoms with Crippen LogP contribution in [0.5, 0.6) is 5.75 Å². The largest absolute Gasteiger partial charge is 0.508 e. The molecular formula is C17H13NO3. The van der Waals surface area contributed by atoms with Crippen LogP contribution in [0.4, 0.5) is 0 Å². The molecule has 0 unspecified atom stereocenters. The number of pyridine rings is 1. The van der Waals surface area contributed by atoms with Gasteiger partial charge >= 0.3 is 0 Å². The van der Waals surface area contributed by atoms with Crippen molar-refractivity contribution in [2.24, 2.45) is 0 Å². The lowest BCUT2D eigenvalue weighted by Crippen LogP contribution is -2.02. The topological polar surface area (TPSA) is 54.9 Å². The summed E-state index contributed by atoms with van der Waals surface area (Å²) < 4.78 is 7.68. The van der Waals surface area contributed by atoms with E-state index in [2.05, 4.69) is 0 Å². The fraction of sp³-hybridized carbons (Fsp3) is 0.118. The lowest BCUT2D eigenvalue weighted by Gasteiger charge is -2.04. The van der Waals surface area contributed by atoms with E-state index in [1.807, 2.05) is 35.7 Å². The standard InChI is InChI=1S/C17H13NO3/c1-2-10-7-11-14(8-13(10)19)21-15-9-18-6-4-3-5-12(18)16(15)17(11)20/h3-9,19H,2H2,1H3. The average molecular weight is 279 g/mol. The lowest BCUT2D eigenvalue weighted by molar-refractivity contribution is 0.468. The van der Waals surface area contributed by atoms with Crippen molar-refractivity contribution >= 4 is 27.5 Å². The van der Waals surface area contributed by atoms with Crippen molar-refractivity contribution in [1.29, 1.82) is 0 Å². The average Bonchev–Trinajstić information content (AvgIpc) is 2.85. The van der Waals surface area contributed by atoms with Crippen LogP contribution < -0.4 is 5.43 Å². The third kappa shape index (κ3) is 1.59. The molecule has 104 valence electrons. The zero-order valence-corrected chi connectivity index (χ0v) is 11.5. The molecule has 1 N–H and O–H groups in total. The molecule has 3 heterocycles. The number of aromatic nitrogens is 1. The molecule has 0 amide bonds. The van der Waals surface area contributed by atoms with Gasteiger partial charge in [-0.05, 0) is 30.2 Å². The van der Waals surface area contributed by atoms with Gasteiger partial charge in [-0.15, -0.1) is 0 Å². The van der Waals surface area contributed by atoms with Gasteiger partial charge in [0.1, 0.15) is 11.3 Å². The quantitative estimate of drug-likeness (QED) is 0.580. The fourth-order valence-corrected chi connectivity index (χ4v) is 2.82. The Balaban J connectivity index is 2.26. The van der Waals surface area contributed by atoms with Gasteiger partial charge in [0.2, 0.25) is 5.43 Å². The van der Waals surface area contributed by atoms with Crippen LogP contribution in [-0.2, 0) is 6.42 Å². The van der Waals surface area contributed by atoms with E-state index in [1.54, 1.807) is 12.3 Å². The summed E-state index contributed by atoms with van der Waals surface area (Å²) in [5.74, 6) is 0.163. The van der Waals surface area contributed by atoms with Crippen molar-refractivity contribution in [3.05, 3.63) is 58.5 Å². The first-order valence-electron chi connectivity index (χ1n) is 6.87. The molecule has 0 aliphatic rings.